The minimum atomic E-state index is -4.62. The minimum Gasteiger partial charge on any atom is -0.370 e. The number of hydrogen-bond donors (Lipinski definition) is 3. The van der Waals surface area contributed by atoms with Gasteiger partial charge in [0, 0.05) is 0 Å². The van der Waals surface area contributed by atoms with E-state index in [2.05, 4.69) is 12.2 Å². The Morgan fingerprint density at radius 2 is 1.79 bits per heavy atom. The van der Waals surface area contributed by atoms with Crippen LogP contribution in [-0.4, -0.2) is 20.9 Å². The summed E-state index contributed by atoms with van der Waals surface area (Å²) in [4.78, 5) is 19.3. The van der Waals surface area contributed by atoms with Crippen LogP contribution >= 0.6 is 20.0 Å². The summed E-state index contributed by atoms with van der Waals surface area (Å²) in [6, 6.07) is 13.4. The molecular formula is C21H30NO4PS. The summed E-state index contributed by atoms with van der Waals surface area (Å²) >= 11 is 5.53. The van der Waals surface area contributed by atoms with Gasteiger partial charge in [-0.2, -0.15) is 0 Å². The van der Waals surface area contributed by atoms with Gasteiger partial charge < -0.3 is 15.1 Å². The average molecular weight is 424 g/mol. The van der Waals surface area contributed by atoms with Gasteiger partial charge in [-0.1, -0.05) is 87.3 Å². The van der Waals surface area contributed by atoms with Gasteiger partial charge in [0.15, 0.2) is 0 Å². The van der Waals surface area contributed by atoms with Crippen molar-refractivity contribution in [2.75, 3.05) is 0 Å². The molecule has 3 N–H and O–H groups in total. The summed E-state index contributed by atoms with van der Waals surface area (Å²) in [7, 11) is -4.62. The number of phosphoric acid groups is 1. The monoisotopic (exact) mass is 423 g/mol. The van der Waals surface area contributed by atoms with Crippen LogP contribution in [0.15, 0.2) is 42.5 Å². The van der Waals surface area contributed by atoms with Gasteiger partial charge in [-0.25, -0.2) is 4.57 Å². The predicted molar refractivity (Wildman–Crippen MR) is 118 cm³/mol. The standard InChI is InChI=1S/C21H30NO4PS/c1-3-4-5-6-7-15-20(28)22-21(16(2)26-27(23,24)25)19-14-10-12-17-11-8-9-13-18(17)19/h8-14,16,21H,3-7,15H2,1-2H3,(H,22,28)(H2,23,24,25). The number of nitrogens with one attached hydrogen (secondary N) is 1. The van der Waals surface area contributed by atoms with Gasteiger partial charge in [0.05, 0.1) is 17.1 Å². The van der Waals surface area contributed by atoms with Crippen LogP contribution in [0.4, 0.5) is 0 Å². The van der Waals surface area contributed by atoms with Crippen molar-refractivity contribution in [1.29, 1.82) is 0 Å². The molecule has 0 fully saturated rings. The van der Waals surface area contributed by atoms with Gasteiger partial charge in [0.25, 0.3) is 0 Å². The van der Waals surface area contributed by atoms with Crippen molar-refractivity contribution < 1.29 is 18.9 Å². The maximum atomic E-state index is 11.4. The van der Waals surface area contributed by atoms with E-state index in [9.17, 15) is 14.4 Å². The molecule has 2 unspecified atom stereocenters. The Labute approximate surface area is 172 Å². The van der Waals surface area contributed by atoms with E-state index < -0.39 is 20.0 Å². The van der Waals surface area contributed by atoms with Crippen molar-refractivity contribution in [1.82, 2.24) is 5.32 Å². The molecule has 28 heavy (non-hydrogen) atoms. The molecule has 0 heterocycles. The molecule has 5 nitrogen and oxygen atoms in total. The molecule has 0 amide bonds. The lowest BCUT2D eigenvalue weighted by atomic mass is 9.95. The van der Waals surface area contributed by atoms with Crippen molar-refractivity contribution in [3.05, 3.63) is 48.0 Å². The molecule has 0 bridgehead atoms. The number of rotatable bonds is 11. The molecule has 0 radical (unpaired) electrons. The van der Waals surface area contributed by atoms with Gasteiger partial charge in [-0.05, 0) is 36.1 Å². The lowest BCUT2D eigenvalue weighted by Gasteiger charge is -2.28. The van der Waals surface area contributed by atoms with Crippen LogP contribution in [0.5, 0.6) is 0 Å². The third kappa shape index (κ3) is 7.26. The molecule has 0 aliphatic carbocycles. The first-order valence-electron chi connectivity index (χ1n) is 9.83. The Morgan fingerprint density at radius 3 is 2.50 bits per heavy atom. The first kappa shape index (κ1) is 23.0. The van der Waals surface area contributed by atoms with Crippen LogP contribution in [0.25, 0.3) is 10.8 Å². The maximum absolute atomic E-state index is 11.4. The minimum absolute atomic E-state index is 0.457. The molecule has 0 saturated carbocycles. The van der Waals surface area contributed by atoms with Gasteiger partial charge in [-0.15, -0.1) is 0 Å². The summed E-state index contributed by atoms with van der Waals surface area (Å²) < 4.78 is 16.4. The molecule has 0 aliphatic heterocycles. The summed E-state index contributed by atoms with van der Waals surface area (Å²) in [5.41, 5.74) is 0.910. The molecule has 7 heteroatoms. The zero-order chi connectivity index (χ0) is 20.6. The van der Waals surface area contributed by atoms with Gasteiger partial charge in [0.1, 0.15) is 0 Å². The Hall–Kier alpha value is -1.30. The Kier molecular flexibility index (Phi) is 9.06. The van der Waals surface area contributed by atoms with E-state index in [0.29, 0.717) is 4.99 Å². The third-order valence-electron chi connectivity index (χ3n) is 4.76. The number of unbranched alkanes of at least 4 members (excludes halogenated alkanes) is 4. The highest BCUT2D eigenvalue weighted by Gasteiger charge is 2.28. The average Bonchev–Trinajstić information content (AvgIpc) is 2.64. The van der Waals surface area contributed by atoms with Crippen LogP contribution in [0, 0.1) is 0 Å². The molecule has 0 aliphatic rings. The van der Waals surface area contributed by atoms with Crippen LogP contribution in [0.2, 0.25) is 0 Å². The van der Waals surface area contributed by atoms with Gasteiger partial charge in [0.2, 0.25) is 0 Å². The molecule has 0 aromatic heterocycles. The quantitative estimate of drug-likeness (QED) is 0.246. The molecule has 2 aromatic rings. The van der Waals surface area contributed by atoms with E-state index in [-0.39, 0.29) is 0 Å². The van der Waals surface area contributed by atoms with Gasteiger partial charge in [-0.3, -0.25) is 4.52 Å². The summed E-state index contributed by atoms with van der Waals surface area (Å²) in [5.74, 6) is 0. The second-order valence-corrected chi connectivity index (χ2v) is 8.76. The zero-order valence-electron chi connectivity index (χ0n) is 16.5. The van der Waals surface area contributed by atoms with E-state index in [1.54, 1.807) is 6.92 Å². The molecule has 154 valence electrons. The van der Waals surface area contributed by atoms with Crippen molar-refractivity contribution in [2.45, 2.75) is 64.5 Å². The molecule has 0 saturated heterocycles. The van der Waals surface area contributed by atoms with E-state index in [1.165, 1.54) is 19.3 Å². The van der Waals surface area contributed by atoms with Crippen LogP contribution in [-0.2, 0) is 9.09 Å². The lowest BCUT2D eigenvalue weighted by molar-refractivity contribution is 0.121. The first-order valence-corrected chi connectivity index (χ1v) is 11.8. The maximum Gasteiger partial charge on any atom is 0.469 e. The normalized spacial score (nSPS) is 14.0. The molecule has 2 rings (SSSR count). The molecule has 2 atom stereocenters. The van der Waals surface area contributed by atoms with E-state index >= 15 is 0 Å². The van der Waals surface area contributed by atoms with E-state index in [1.807, 2.05) is 42.5 Å². The fraction of sp³-hybridized carbons (Fsp3) is 0.476. The summed E-state index contributed by atoms with van der Waals surface area (Å²) in [6.45, 7) is 3.84. The van der Waals surface area contributed by atoms with Crippen molar-refractivity contribution >= 4 is 35.8 Å². The molecule has 2 aromatic carbocycles. The predicted octanol–water partition coefficient (Wildman–Crippen LogP) is 5.66. The smallest absolute Gasteiger partial charge is 0.370 e. The van der Waals surface area contributed by atoms with E-state index in [4.69, 9.17) is 16.7 Å². The second kappa shape index (κ2) is 11.0. The second-order valence-electron chi connectivity index (χ2n) is 7.08. The highest BCUT2D eigenvalue weighted by Crippen LogP contribution is 2.41. The number of benzene rings is 2. The highest BCUT2D eigenvalue weighted by atomic mass is 32.1. The third-order valence-corrected chi connectivity index (χ3v) is 5.68. The largest absolute Gasteiger partial charge is 0.469 e. The van der Waals surface area contributed by atoms with Gasteiger partial charge >= 0.3 is 7.82 Å². The highest BCUT2D eigenvalue weighted by molar-refractivity contribution is 7.80. The fourth-order valence-corrected chi connectivity index (χ4v) is 4.21. The summed E-state index contributed by atoms with van der Waals surface area (Å²) in [5, 5.41) is 5.37. The number of thiocarbonyl (C=S) groups is 1. The van der Waals surface area contributed by atoms with Crippen molar-refractivity contribution in [3.63, 3.8) is 0 Å². The Bertz CT molecular complexity index is 818. The van der Waals surface area contributed by atoms with E-state index in [0.717, 1.165) is 35.6 Å². The van der Waals surface area contributed by atoms with Crippen LogP contribution < -0.4 is 5.32 Å². The Morgan fingerprint density at radius 1 is 1.11 bits per heavy atom. The summed E-state index contributed by atoms with van der Waals surface area (Å²) in [6.07, 6.45) is 5.75. The topological polar surface area (TPSA) is 78.8 Å². The van der Waals surface area contributed by atoms with Crippen molar-refractivity contribution in [3.8, 4) is 0 Å². The van der Waals surface area contributed by atoms with Crippen LogP contribution in [0.1, 0.15) is 64.0 Å². The number of fused-ring (bicyclic) bond motifs is 1. The zero-order valence-corrected chi connectivity index (χ0v) is 18.2. The fourth-order valence-electron chi connectivity index (χ4n) is 3.38. The Balaban J connectivity index is 2.20. The SMILES string of the molecule is CCCCCCCC(=S)NC(c1cccc2ccccc12)C(C)OP(=O)(O)O. The number of phosphoric ester groups is 1. The van der Waals surface area contributed by atoms with Crippen molar-refractivity contribution in [2.24, 2.45) is 0 Å². The molecular weight excluding hydrogens is 393 g/mol. The van der Waals surface area contributed by atoms with Crippen LogP contribution in [0.3, 0.4) is 0 Å². The lowest BCUT2D eigenvalue weighted by Crippen LogP contribution is -2.35. The first-order chi connectivity index (χ1) is 13.3. The number of hydrogen-bond acceptors (Lipinski definition) is 3. The molecule has 0 spiro atoms.